The summed E-state index contributed by atoms with van der Waals surface area (Å²) < 4.78 is 6.81. The first-order valence-electron chi connectivity index (χ1n) is 7.80. The SMILES string of the molecule is Nc1c(C(=O)CSc2nc3cc(Cl)ccc3o2)c(=O)[nH]c(=O)n1C1CC1. The highest BCUT2D eigenvalue weighted by atomic mass is 35.5. The summed E-state index contributed by atoms with van der Waals surface area (Å²) in [7, 11) is 0. The van der Waals surface area contributed by atoms with E-state index in [0.29, 0.717) is 16.1 Å². The first kappa shape index (κ1) is 16.9. The molecule has 0 radical (unpaired) electrons. The van der Waals surface area contributed by atoms with Crippen LogP contribution in [0.4, 0.5) is 5.82 Å². The van der Waals surface area contributed by atoms with Crippen molar-refractivity contribution in [3.8, 4) is 0 Å². The Labute approximate surface area is 155 Å². The predicted molar refractivity (Wildman–Crippen MR) is 98.1 cm³/mol. The molecule has 0 unspecified atom stereocenters. The van der Waals surface area contributed by atoms with Crippen LogP contribution in [0.25, 0.3) is 11.1 Å². The minimum atomic E-state index is -0.778. The first-order valence-corrected chi connectivity index (χ1v) is 9.17. The van der Waals surface area contributed by atoms with Crippen molar-refractivity contribution < 1.29 is 9.21 Å². The number of halogens is 1. The number of fused-ring (bicyclic) bond motifs is 1. The Kier molecular flexibility index (Phi) is 4.12. The molecule has 10 heteroatoms. The van der Waals surface area contributed by atoms with E-state index in [4.69, 9.17) is 21.8 Å². The number of anilines is 1. The largest absolute Gasteiger partial charge is 0.431 e. The molecule has 0 aliphatic heterocycles. The van der Waals surface area contributed by atoms with Crippen LogP contribution in [0.3, 0.4) is 0 Å². The normalized spacial score (nSPS) is 14.0. The van der Waals surface area contributed by atoms with E-state index in [1.165, 1.54) is 4.57 Å². The number of ketones is 1. The van der Waals surface area contributed by atoms with E-state index in [1.807, 2.05) is 0 Å². The van der Waals surface area contributed by atoms with Crippen molar-refractivity contribution in [2.45, 2.75) is 24.1 Å². The number of hydrogen-bond donors (Lipinski definition) is 2. The number of aromatic amines is 1. The zero-order chi connectivity index (χ0) is 18.4. The Morgan fingerprint density at radius 1 is 1.42 bits per heavy atom. The predicted octanol–water partition coefficient (Wildman–Crippen LogP) is 2.22. The van der Waals surface area contributed by atoms with Crippen LogP contribution in [0.1, 0.15) is 29.2 Å². The number of nitrogens with two attached hydrogens (primary N) is 1. The molecule has 1 aliphatic carbocycles. The number of rotatable bonds is 5. The summed E-state index contributed by atoms with van der Waals surface area (Å²) in [5.41, 5.74) is 5.48. The number of aromatic nitrogens is 3. The minimum Gasteiger partial charge on any atom is -0.431 e. The fourth-order valence-electron chi connectivity index (χ4n) is 2.67. The highest BCUT2D eigenvalue weighted by Crippen LogP contribution is 2.35. The van der Waals surface area contributed by atoms with Crippen LogP contribution in [-0.2, 0) is 0 Å². The number of nitrogens with one attached hydrogen (secondary N) is 1. The molecule has 1 aliphatic rings. The monoisotopic (exact) mass is 392 g/mol. The summed E-state index contributed by atoms with van der Waals surface area (Å²) in [6.45, 7) is 0. The number of oxazole rings is 1. The van der Waals surface area contributed by atoms with Gasteiger partial charge in [-0.3, -0.25) is 19.1 Å². The fourth-order valence-corrected chi connectivity index (χ4v) is 3.55. The van der Waals surface area contributed by atoms with Gasteiger partial charge in [0.15, 0.2) is 11.4 Å². The molecule has 1 aromatic carbocycles. The maximum absolute atomic E-state index is 12.5. The van der Waals surface area contributed by atoms with Gasteiger partial charge in [0.25, 0.3) is 10.8 Å². The second-order valence-corrected chi connectivity index (χ2v) is 7.29. The van der Waals surface area contributed by atoms with Crippen LogP contribution in [0.15, 0.2) is 37.4 Å². The quantitative estimate of drug-likeness (QED) is 0.503. The molecule has 3 N–H and O–H groups in total. The topological polar surface area (TPSA) is 124 Å². The van der Waals surface area contributed by atoms with E-state index >= 15 is 0 Å². The van der Waals surface area contributed by atoms with Gasteiger partial charge in [-0.2, -0.15) is 0 Å². The van der Waals surface area contributed by atoms with Gasteiger partial charge in [0.1, 0.15) is 16.9 Å². The van der Waals surface area contributed by atoms with Gasteiger partial charge in [-0.1, -0.05) is 23.4 Å². The number of nitrogen functional groups attached to an aromatic ring is 1. The molecule has 8 nitrogen and oxygen atoms in total. The molecule has 3 aromatic rings. The number of benzene rings is 1. The summed E-state index contributed by atoms with van der Waals surface area (Å²) >= 11 is 6.95. The van der Waals surface area contributed by atoms with E-state index < -0.39 is 17.0 Å². The lowest BCUT2D eigenvalue weighted by Gasteiger charge is -2.10. The number of Topliss-reactive ketones (excluding diaryl/α,β-unsaturated/α-hetero) is 1. The van der Waals surface area contributed by atoms with Crippen molar-refractivity contribution in [2.75, 3.05) is 11.5 Å². The first-order chi connectivity index (χ1) is 12.4. The van der Waals surface area contributed by atoms with Crippen molar-refractivity contribution in [2.24, 2.45) is 0 Å². The van der Waals surface area contributed by atoms with Crippen LogP contribution in [0.5, 0.6) is 0 Å². The van der Waals surface area contributed by atoms with Gasteiger partial charge in [0, 0.05) is 11.1 Å². The Bertz CT molecular complexity index is 1150. The van der Waals surface area contributed by atoms with Crippen molar-refractivity contribution in [3.63, 3.8) is 0 Å². The van der Waals surface area contributed by atoms with E-state index in [2.05, 4.69) is 9.97 Å². The van der Waals surface area contributed by atoms with Crippen LogP contribution >= 0.6 is 23.4 Å². The van der Waals surface area contributed by atoms with Crippen molar-refractivity contribution in [1.82, 2.24) is 14.5 Å². The molecule has 2 aromatic heterocycles. The van der Waals surface area contributed by atoms with Crippen LogP contribution in [0.2, 0.25) is 5.02 Å². The summed E-state index contributed by atoms with van der Waals surface area (Å²) in [4.78, 5) is 42.9. The van der Waals surface area contributed by atoms with Crippen LogP contribution in [0, 0.1) is 0 Å². The third-order valence-corrected chi connectivity index (χ3v) is 5.09. The Morgan fingerprint density at radius 3 is 2.92 bits per heavy atom. The second-order valence-electron chi connectivity index (χ2n) is 5.92. The van der Waals surface area contributed by atoms with Gasteiger partial charge >= 0.3 is 5.69 Å². The molecule has 26 heavy (non-hydrogen) atoms. The average molecular weight is 393 g/mol. The number of nitrogens with zero attached hydrogens (tertiary/aromatic N) is 2. The Morgan fingerprint density at radius 2 is 2.19 bits per heavy atom. The van der Waals surface area contributed by atoms with Gasteiger partial charge in [0.05, 0.1) is 5.75 Å². The Hall–Kier alpha value is -2.52. The molecule has 0 saturated heterocycles. The number of carbonyl (C=O) groups is 1. The molecular weight excluding hydrogens is 380 g/mol. The zero-order valence-electron chi connectivity index (χ0n) is 13.3. The average Bonchev–Trinajstić information content (AvgIpc) is 3.31. The number of thioether (sulfide) groups is 1. The summed E-state index contributed by atoms with van der Waals surface area (Å²) in [6.07, 6.45) is 1.59. The van der Waals surface area contributed by atoms with Gasteiger partial charge in [-0.25, -0.2) is 9.78 Å². The molecule has 134 valence electrons. The highest BCUT2D eigenvalue weighted by molar-refractivity contribution is 7.99. The maximum Gasteiger partial charge on any atom is 0.330 e. The highest BCUT2D eigenvalue weighted by Gasteiger charge is 2.30. The van der Waals surface area contributed by atoms with E-state index in [1.54, 1.807) is 18.2 Å². The van der Waals surface area contributed by atoms with Crippen LogP contribution in [-0.4, -0.2) is 26.1 Å². The second kappa shape index (κ2) is 6.33. The van der Waals surface area contributed by atoms with Crippen molar-refractivity contribution in [3.05, 3.63) is 49.6 Å². The maximum atomic E-state index is 12.5. The summed E-state index contributed by atoms with van der Waals surface area (Å²) in [5.74, 6) is -0.684. The van der Waals surface area contributed by atoms with Gasteiger partial charge in [-0.15, -0.1) is 0 Å². The lowest BCUT2D eigenvalue weighted by Crippen LogP contribution is -2.36. The smallest absolute Gasteiger partial charge is 0.330 e. The zero-order valence-corrected chi connectivity index (χ0v) is 14.9. The molecule has 4 rings (SSSR count). The standard InChI is InChI=1S/C16H13ClN4O4S/c17-7-1-4-11-9(5-7)19-16(25-11)26-6-10(22)12-13(18)21(8-2-3-8)15(24)20-14(12)23/h1,4-5,8H,2-3,6,18H2,(H,20,23,24). The third kappa shape index (κ3) is 3.04. The number of carbonyl (C=O) groups excluding carboxylic acids is 1. The number of H-pyrrole nitrogens is 1. The van der Waals surface area contributed by atoms with E-state index in [-0.39, 0.29) is 28.4 Å². The summed E-state index contributed by atoms with van der Waals surface area (Å²) in [5, 5.41) is 0.807. The lowest BCUT2D eigenvalue weighted by atomic mass is 10.2. The number of hydrogen-bond acceptors (Lipinski definition) is 7. The van der Waals surface area contributed by atoms with Crippen molar-refractivity contribution in [1.29, 1.82) is 0 Å². The molecule has 1 saturated carbocycles. The molecule has 0 atom stereocenters. The molecule has 1 fully saturated rings. The molecule has 0 bridgehead atoms. The van der Waals surface area contributed by atoms with Gasteiger partial charge < -0.3 is 10.2 Å². The van der Waals surface area contributed by atoms with E-state index in [0.717, 1.165) is 24.6 Å². The Balaban J connectivity index is 1.59. The fraction of sp³-hybridized carbons (Fsp3) is 0.250. The van der Waals surface area contributed by atoms with Crippen LogP contribution < -0.4 is 17.0 Å². The summed E-state index contributed by atoms with van der Waals surface area (Å²) in [6, 6.07) is 4.96. The lowest BCUT2D eigenvalue weighted by molar-refractivity contribution is 0.102. The molecule has 2 heterocycles. The van der Waals surface area contributed by atoms with Crippen molar-refractivity contribution >= 4 is 46.1 Å². The minimum absolute atomic E-state index is 0.0552. The molecule has 0 spiro atoms. The third-order valence-electron chi connectivity index (χ3n) is 4.03. The van der Waals surface area contributed by atoms with E-state index in [9.17, 15) is 14.4 Å². The van der Waals surface area contributed by atoms with Gasteiger partial charge in [-0.05, 0) is 31.0 Å². The molecular formula is C16H13ClN4O4S. The van der Waals surface area contributed by atoms with Gasteiger partial charge in [0.2, 0.25) is 0 Å². The molecule has 0 amide bonds.